The van der Waals surface area contributed by atoms with Crippen LogP contribution in [0.15, 0.2) is 22.5 Å². The second-order valence-corrected chi connectivity index (χ2v) is 1.28. The van der Waals surface area contributed by atoms with E-state index < -0.39 is 0 Å². The molecule has 0 fully saturated rings. The fourth-order valence-electron chi connectivity index (χ4n) is 0.379. The lowest BCUT2D eigenvalue weighted by atomic mass is 10.4. The van der Waals surface area contributed by atoms with E-state index in [0.29, 0.717) is 0 Å². The van der Waals surface area contributed by atoms with Crippen molar-refractivity contribution >= 4 is 0 Å². The van der Waals surface area contributed by atoms with Gasteiger partial charge in [0.2, 0.25) is 0 Å². The summed E-state index contributed by atoms with van der Waals surface area (Å²) in [6.07, 6.45) is 0.958. The molecule has 0 bridgehead atoms. The van der Waals surface area contributed by atoms with Crippen LogP contribution in [0.4, 0.5) is 0 Å². The Morgan fingerprint density at radius 1 is 1.67 bits per heavy atom. The van der Waals surface area contributed by atoms with Crippen LogP contribution in [0.3, 0.4) is 0 Å². The minimum Gasteiger partial charge on any atom is -0.189 e. The van der Waals surface area contributed by atoms with Crippen molar-refractivity contribution in [2.75, 3.05) is 6.54 Å². The molecule has 1 heterocycles. The van der Waals surface area contributed by atoms with Crippen LogP contribution in [-0.4, -0.2) is 6.54 Å². The van der Waals surface area contributed by atoms with Gasteiger partial charge in [-0.15, -0.1) is 0 Å². The highest BCUT2D eigenvalue weighted by atomic mass is 15.1. The van der Waals surface area contributed by atoms with Gasteiger partial charge in [0.1, 0.15) is 0 Å². The predicted octanol–water partition coefficient (Wildman–Crippen LogP) is 1.36. The van der Waals surface area contributed by atoms with E-state index in [2.05, 4.69) is 16.8 Å². The van der Waals surface area contributed by atoms with Crippen molar-refractivity contribution in [2.24, 2.45) is 10.2 Å². The molecule has 2 heteroatoms. The van der Waals surface area contributed by atoms with Gasteiger partial charge >= 0.3 is 0 Å². The highest BCUT2D eigenvalue weighted by Crippen LogP contribution is 2.07. The van der Waals surface area contributed by atoms with E-state index in [-0.39, 0.29) is 0 Å². The molecule has 0 spiro atoms. The van der Waals surface area contributed by atoms with Gasteiger partial charge in [-0.1, -0.05) is 6.58 Å². The average Bonchev–Trinajstić information content (AvgIpc) is 1.86. The fraction of sp³-hybridized carbons (Fsp3) is 0.500. The van der Waals surface area contributed by atoms with Crippen molar-refractivity contribution in [1.82, 2.24) is 0 Å². The maximum absolute atomic E-state index is 3.69. The first kappa shape index (κ1) is 3.53. The van der Waals surface area contributed by atoms with Gasteiger partial charge in [-0.05, 0) is 0 Å². The lowest BCUT2D eigenvalue weighted by Gasteiger charge is -1.73. The Labute approximate surface area is 36.6 Å². The molecule has 0 atom stereocenters. The maximum atomic E-state index is 3.69. The van der Waals surface area contributed by atoms with Gasteiger partial charge in [0.05, 0.1) is 12.2 Å². The van der Waals surface area contributed by atoms with Crippen LogP contribution in [0, 0.1) is 0 Å². The molecule has 32 valence electrons. The first-order valence-electron chi connectivity index (χ1n) is 1.95. The summed E-state index contributed by atoms with van der Waals surface area (Å²) in [6, 6.07) is 0. The fourth-order valence-corrected chi connectivity index (χ4v) is 0.379. The largest absolute Gasteiger partial charge is 0.189 e. The van der Waals surface area contributed by atoms with Gasteiger partial charge in [0, 0.05) is 6.42 Å². The lowest BCUT2D eigenvalue weighted by Crippen LogP contribution is -1.66. The molecule has 0 saturated carbocycles. The van der Waals surface area contributed by atoms with Crippen LogP contribution >= 0.6 is 0 Å². The van der Waals surface area contributed by atoms with Gasteiger partial charge in [-0.2, -0.15) is 10.2 Å². The topological polar surface area (TPSA) is 24.7 Å². The maximum Gasteiger partial charge on any atom is 0.0659 e. The lowest BCUT2D eigenvalue weighted by molar-refractivity contribution is 1.04. The summed E-state index contributed by atoms with van der Waals surface area (Å²) in [4.78, 5) is 0. The van der Waals surface area contributed by atoms with Crippen molar-refractivity contribution in [1.29, 1.82) is 0 Å². The quantitative estimate of drug-likeness (QED) is 0.421. The molecular weight excluding hydrogens is 76.1 g/mol. The van der Waals surface area contributed by atoms with Crippen LogP contribution in [0.1, 0.15) is 6.42 Å². The number of rotatable bonds is 0. The first-order chi connectivity index (χ1) is 2.89. The summed E-state index contributed by atoms with van der Waals surface area (Å²) in [5.41, 5.74) is 0.912. The van der Waals surface area contributed by atoms with Gasteiger partial charge in [-0.3, -0.25) is 0 Å². The monoisotopic (exact) mass is 82.1 g/mol. The molecule has 0 aromatic heterocycles. The number of hydrogen-bond acceptors (Lipinski definition) is 2. The molecule has 1 aliphatic rings. The Balaban J connectivity index is 2.59. The summed E-state index contributed by atoms with van der Waals surface area (Å²) in [5, 5.41) is 7.36. The molecule has 0 radical (unpaired) electrons. The zero-order valence-corrected chi connectivity index (χ0v) is 3.52. The number of azo groups is 1. The third kappa shape index (κ3) is 0.455. The summed E-state index contributed by atoms with van der Waals surface area (Å²) in [5.74, 6) is 0. The zero-order valence-electron chi connectivity index (χ0n) is 3.52. The number of nitrogens with zero attached hydrogens (tertiary/aromatic N) is 2. The Bertz CT molecular complexity index is 93.7. The molecule has 0 aliphatic carbocycles. The Kier molecular flexibility index (Phi) is 0.708. The number of hydrogen-bond donors (Lipinski definition) is 0. The van der Waals surface area contributed by atoms with E-state index >= 15 is 0 Å². The van der Waals surface area contributed by atoms with Crippen LogP contribution in [0.2, 0.25) is 0 Å². The van der Waals surface area contributed by atoms with Crippen molar-refractivity contribution in [2.45, 2.75) is 6.42 Å². The van der Waals surface area contributed by atoms with Gasteiger partial charge in [0.15, 0.2) is 0 Å². The van der Waals surface area contributed by atoms with E-state index in [1.165, 1.54) is 0 Å². The highest BCUT2D eigenvalue weighted by molar-refractivity contribution is 4.93. The highest BCUT2D eigenvalue weighted by Gasteiger charge is 1.94. The second-order valence-electron chi connectivity index (χ2n) is 1.28. The van der Waals surface area contributed by atoms with E-state index in [1.54, 1.807) is 0 Å². The molecule has 0 aromatic carbocycles. The van der Waals surface area contributed by atoms with Crippen LogP contribution in [-0.2, 0) is 0 Å². The molecule has 0 N–H and O–H groups in total. The van der Waals surface area contributed by atoms with E-state index in [9.17, 15) is 0 Å². The van der Waals surface area contributed by atoms with Gasteiger partial charge < -0.3 is 0 Å². The SMILES string of the molecule is C=C1CCN=N1. The normalized spacial score (nSPS) is 19.7. The Hall–Kier alpha value is -0.660. The second kappa shape index (κ2) is 1.20. The summed E-state index contributed by atoms with van der Waals surface area (Å²) >= 11 is 0. The molecule has 0 aromatic rings. The molecule has 1 rings (SSSR count). The van der Waals surface area contributed by atoms with Gasteiger partial charge in [-0.25, -0.2) is 0 Å². The van der Waals surface area contributed by atoms with E-state index in [4.69, 9.17) is 0 Å². The average molecular weight is 82.1 g/mol. The smallest absolute Gasteiger partial charge is 0.0659 e. The minimum atomic E-state index is 0.846. The molecule has 0 unspecified atom stereocenters. The molecule has 6 heavy (non-hydrogen) atoms. The summed E-state index contributed by atoms with van der Waals surface area (Å²) in [7, 11) is 0. The molecule has 0 saturated heterocycles. The zero-order chi connectivity index (χ0) is 4.41. The van der Waals surface area contributed by atoms with Crippen molar-refractivity contribution in [3.05, 3.63) is 12.3 Å². The van der Waals surface area contributed by atoms with Crippen LogP contribution < -0.4 is 0 Å². The standard InChI is InChI=1S/C4H6N2/c1-4-2-3-5-6-4/h1-3H2. The first-order valence-corrected chi connectivity index (χ1v) is 1.95. The van der Waals surface area contributed by atoms with Crippen molar-refractivity contribution in [3.8, 4) is 0 Å². The molecule has 0 amide bonds. The Morgan fingerprint density at radius 2 is 2.50 bits per heavy atom. The van der Waals surface area contributed by atoms with Crippen molar-refractivity contribution in [3.63, 3.8) is 0 Å². The predicted molar refractivity (Wildman–Crippen MR) is 23.5 cm³/mol. The molecule has 2 nitrogen and oxygen atoms in total. The van der Waals surface area contributed by atoms with Crippen LogP contribution in [0.25, 0.3) is 0 Å². The van der Waals surface area contributed by atoms with E-state index in [0.717, 1.165) is 18.7 Å². The molecular formula is C4H6N2. The minimum absolute atomic E-state index is 0.846. The summed E-state index contributed by atoms with van der Waals surface area (Å²) in [6.45, 7) is 4.44. The molecule has 1 aliphatic heterocycles. The summed E-state index contributed by atoms with van der Waals surface area (Å²) < 4.78 is 0. The Morgan fingerprint density at radius 3 is 2.67 bits per heavy atom. The van der Waals surface area contributed by atoms with Crippen LogP contribution in [0.5, 0.6) is 0 Å². The third-order valence-corrected chi connectivity index (χ3v) is 0.713. The van der Waals surface area contributed by atoms with Gasteiger partial charge in [0.25, 0.3) is 0 Å². The third-order valence-electron chi connectivity index (χ3n) is 0.713. The van der Waals surface area contributed by atoms with Crippen molar-refractivity contribution < 1.29 is 0 Å². The van der Waals surface area contributed by atoms with E-state index in [1.807, 2.05) is 0 Å².